The van der Waals surface area contributed by atoms with Gasteiger partial charge < -0.3 is 30.3 Å². The summed E-state index contributed by atoms with van der Waals surface area (Å²) < 4.78 is 30.8. The number of hydrogen-bond donors (Lipinski definition) is 4. The molecule has 0 radical (unpaired) electrons. The highest BCUT2D eigenvalue weighted by Gasteiger charge is 2.79. The molecule has 1 aliphatic heterocycles. The highest BCUT2D eigenvalue weighted by Crippen LogP contribution is 2.72. The number of halogens is 1. The highest BCUT2D eigenvalue weighted by molar-refractivity contribution is 6.01. The van der Waals surface area contributed by atoms with Crippen LogP contribution < -0.4 is 10.6 Å². The number of aliphatic hydroxyl groups excluding tert-OH is 2. The number of Topliss-reactive ketones (excluding diaryl/α,β-unsaturated/α-hetero) is 1. The van der Waals surface area contributed by atoms with E-state index < -0.39 is 58.9 Å². The van der Waals surface area contributed by atoms with Gasteiger partial charge in [-0.3, -0.25) is 9.59 Å². The zero-order valence-corrected chi connectivity index (χ0v) is 29.2. The van der Waals surface area contributed by atoms with Crippen LogP contribution in [0.4, 0.5) is 15.9 Å². The number of alkyl halides is 1. The van der Waals surface area contributed by atoms with Crippen LogP contribution in [0.1, 0.15) is 90.1 Å². The lowest BCUT2D eigenvalue weighted by atomic mass is 9.44. The van der Waals surface area contributed by atoms with Gasteiger partial charge in [0.25, 0.3) is 0 Å². The largest absolute Gasteiger partial charge is 0.390 e. The first-order valence-corrected chi connectivity index (χ1v) is 18.2. The van der Waals surface area contributed by atoms with Crippen molar-refractivity contribution in [3.8, 4) is 0 Å². The SMILES string of the molecule is CCC(C)Nc1ccc(C2(Nc3ccc([C@@H]4O[C@@H]5C[C@H]6[C@@H]7CCC8=CC(=O)C=C[C@]8(C)[C@@]7(F)[C@@H](O)C[C@]6(C)[C@]5(C(=O)CO)O4)cn3)CC2)cc1. The predicted octanol–water partition coefficient (Wildman–Crippen LogP) is 6.09. The minimum absolute atomic E-state index is 0.0501. The van der Waals surface area contributed by atoms with E-state index in [1.165, 1.54) is 17.7 Å². The number of aliphatic hydroxyl groups is 2. The molecule has 50 heavy (non-hydrogen) atoms. The lowest BCUT2D eigenvalue weighted by Gasteiger charge is -2.62. The van der Waals surface area contributed by atoms with Gasteiger partial charge in [0.2, 0.25) is 0 Å². The average Bonchev–Trinajstić information content (AvgIpc) is 3.71. The van der Waals surface area contributed by atoms with Gasteiger partial charge in [0.15, 0.2) is 29.1 Å². The molecule has 9 nitrogen and oxygen atoms in total. The molecule has 10 atom stereocenters. The van der Waals surface area contributed by atoms with E-state index in [0.29, 0.717) is 42.3 Å². The Morgan fingerprint density at radius 3 is 2.56 bits per heavy atom. The van der Waals surface area contributed by atoms with E-state index in [1.54, 1.807) is 19.2 Å². The Hall–Kier alpha value is -3.44. The molecule has 1 saturated heterocycles. The van der Waals surface area contributed by atoms with Crippen LogP contribution >= 0.6 is 0 Å². The number of ketones is 2. The van der Waals surface area contributed by atoms with Crippen molar-refractivity contribution in [2.75, 3.05) is 17.2 Å². The fourth-order valence-electron chi connectivity index (χ4n) is 10.5. The Morgan fingerprint density at radius 2 is 1.90 bits per heavy atom. The number of benzene rings is 1. The molecule has 1 unspecified atom stereocenters. The highest BCUT2D eigenvalue weighted by atomic mass is 19.1. The molecule has 266 valence electrons. The second-order valence-corrected chi connectivity index (χ2v) is 16.1. The molecule has 0 spiro atoms. The topological polar surface area (TPSA) is 130 Å². The van der Waals surface area contributed by atoms with E-state index in [2.05, 4.69) is 48.7 Å². The van der Waals surface area contributed by atoms with Gasteiger partial charge in [-0.15, -0.1) is 0 Å². The van der Waals surface area contributed by atoms with Crippen LogP contribution in [0.25, 0.3) is 0 Å². The average molecular weight is 686 g/mol. The third-order valence-electron chi connectivity index (χ3n) is 13.6. The summed E-state index contributed by atoms with van der Waals surface area (Å²) in [5.41, 5.74) is -2.30. The second kappa shape index (κ2) is 11.5. The van der Waals surface area contributed by atoms with E-state index >= 15 is 4.39 Å². The molecule has 10 heteroatoms. The minimum atomic E-state index is -2.04. The number of aromatic nitrogens is 1. The number of anilines is 2. The summed E-state index contributed by atoms with van der Waals surface area (Å²) in [6.45, 7) is 7.23. The molecular weight excluding hydrogens is 637 g/mol. The maximum Gasteiger partial charge on any atom is 0.193 e. The number of ether oxygens (including phenoxy) is 2. The van der Waals surface area contributed by atoms with Gasteiger partial charge in [-0.2, -0.15) is 0 Å². The van der Waals surface area contributed by atoms with Crippen molar-refractivity contribution in [3.05, 3.63) is 77.5 Å². The van der Waals surface area contributed by atoms with Crippen LogP contribution in [0.2, 0.25) is 0 Å². The zero-order valence-electron chi connectivity index (χ0n) is 29.2. The van der Waals surface area contributed by atoms with Crippen LogP contribution in [-0.2, 0) is 24.6 Å². The van der Waals surface area contributed by atoms with Crippen molar-refractivity contribution < 1.29 is 33.7 Å². The number of carbonyl (C=O) groups is 2. The van der Waals surface area contributed by atoms with Gasteiger partial charge in [0, 0.05) is 40.2 Å². The Balaban J connectivity index is 1.03. The number of carbonyl (C=O) groups excluding carboxylic acids is 2. The van der Waals surface area contributed by atoms with Crippen LogP contribution in [0.5, 0.6) is 0 Å². The number of hydrogen-bond acceptors (Lipinski definition) is 9. The van der Waals surface area contributed by atoms with Gasteiger partial charge in [-0.05, 0) is 107 Å². The third kappa shape index (κ3) is 4.60. The van der Waals surface area contributed by atoms with E-state index in [1.807, 2.05) is 19.1 Å². The summed E-state index contributed by atoms with van der Waals surface area (Å²) in [6.07, 6.45) is 7.41. The molecule has 4 saturated carbocycles. The number of pyridine rings is 1. The first-order valence-electron chi connectivity index (χ1n) is 18.2. The summed E-state index contributed by atoms with van der Waals surface area (Å²) in [5.74, 6) is -0.944. The summed E-state index contributed by atoms with van der Waals surface area (Å²) in [7, 11) is 0. The molecule has 2 heterocycles. The molecule has 6 aliphatic rings. The number of nitrogens with one attached hydrogen (secondary N) is 2. The number of fused-ring (bicyclic) bond motifs is 7. The second-order valence-electron chi connectivity index (χ2n) is 16.1. The summed E-state index contributed by atoms with van der Waals surface area (Å²) in [5, 5.41) is 29.2. The van der Waals surface area contributed by atoms with Gasteiger partial charge in [-0.1, -0.05) is 37.6 Å². The van der Waals surface area contributed by atoms with Crippen LogP contribution in [0.3, 0.4) is 0 Å². The van der Waals surface area contributed by atoms with Gasteiger partial charge in [0.1, 0.15) is 12.4 Å². The molecule has 4 N–H and O–H groups in total. The molecule has 1 aromatic heterocycles. The molecule has 1 aromatic carbocycles. The predicted molar refractivity (Wildman–Crippen MR) is 186 cm³/mol. The van der Waals surface area contributed by atoms with Crippen LogP contribution in [-0.4, -0.2) is 62.9 Å². The molecule has 0 amide bonds. The quantitative estimate of drug-likeness (QED) is 0.248. The molecule has 8 rings (SSSR count). The molecule has 5 fully saturated rings. The Bertz CT molecular complexity index is 1760. The third-order valence-corrected chi connectivity index (χ3v) is 13.6. The van der Waals surface area contributed by atoms with E-state index in [9.17, 15) is 19.8 Å². The first-order chi connectivity index (χ1) is 23.8. The van der Waals surface area contributed by atoms with Gasteiger partial charge in [-0.25, -0.2) is 9.37 Å². The van der Waals surface area contributed by atoms with Gasteiger partial charge >= 0.3 is 0 Å². The lowest BCUT2D eigenvalue weighted by Crippen LogP contribution is -2.69. The zero-order chi connectivity index (χ0) is 35.3. The number of nitrogens with zero attached hydrogens (tertiary/aromatic N) is 1. The Labute approximate surface area is 292 Å². The van der Waals surface area contributed by atoms with E-state index in [4.69, 9.17) is 14.5 Å². The fourth-order valence-corrected chi connectivity index (χ4v) is 10.5. The summed E-state index contributed by atoms with van der Waals surface area (Å²) in [6, 6.07) is 12.7. The van der Waals surface area contributed by atoms with Crippen molar-refractivity contribution in [2.45, 2.75) is 114 Å². The van der Waals surface area contributed by atoms with Crippen molar-refractivity contribution >= 4 is 23.1 Å². The Kier molecular flexibility index (Phi) is 7.77. The van der Waals surface area contributed by atoms with Crippen molar-refractivity contribution in [1.29, 1.82) is 0 Å². The van der Waals surface area contributed by atoms with Crippen LogP contribution in [0, 0.1) is 22.7 Å². The van der Waals surface area contributed by atoms with Crippen molar-refractivity contribution in [3.63, 3.8) is 0 Å². The molecular formula is C40H48FN3O6. The van der Waals surface area contributed by atoms with E-state index in [-0.39, 0.29) is 23.7 Å². The minimum Gasteiger partial charge on any atom is -0.390 e. The smallest absolute Gasteiger partial charge is 0.193 e. The normalized spacial score (nSPS) is 39.8. The monoisotopic (exact) mass is 685 g/mol. The number of rotatable bonds is 9. The van der Waals surface area contributed by atoms with Crippen molar-refractivity contribution in [1.82, 2.24) is 4.98 Å². The van der Waals surface area contributed by atoms with Gasteiger partial charge in [0.05, 0.1) is 17.7 Å². The fraction of sp³-hybridized carbons (Fsp3) is 0.575. The maximum atomic E-state index is 17.7. The maximum absolute atomic E-state index is 17.7. The molecule has 5 aliphatic carbocycles. The van der Waals surface area contributed by atoms with E-state index in [0.717, 1.165) is 24.9 Å². The standard InChI is InChI=1S/C40H48FN3O6/c1-5-23(2)43-27-10-7-25(8-11-27)38(16-17-38)44-34-13-6-24(21-42-34)35-49-33-19-30-29-12-9-26-18-28(46)14-15-36(26,3)39(29,41)31(47)20-37(30,4)40(33,50-35)32(48)22-45/h6-8,10-11,13-15,18,21,23,29-31,33,35,43,45,47H,5,9,12,16-17,19-20,22H2,1-4H3,(H,42,44)/t23?,29-,30-,31-,33+,35+,36-,37-,39-,40+/m0/s1. The number of allylic oxidation sites excluding steroid dienone is 4. The molecule has 2 aromatic rings. The summed E-state index contributed by atoms with van der Waals surface area (Å²) in [4.78, 5) is 30.8. The first kappa shape index (κ1) is 33.7. The molecule has 0 bridgehead atoms. The lowest BCUT2D eigenvalue weighted by molar-refractivity contribution is -0.231. The van der Waals surface area contributed by atoms with Crippen LogP contribution in [0.15, 0.2) is 66.4 Å². The summed E-state index contributed by atoms with van der Waals surface area (Å²) >= 11 is 0. The van der Waals surface area contributed by atoms with Crippen molar-refractivity contribution in [2.24, 2.45) is 22.7 Å². The Morgan fingerprint density at radius 1 is 1.14 bits per heavy atom.